The zero-order valence-corrected chi connectivity index (χ0v) is 17.4. The molecule has 1 amide bonds. The summed E-state index contributed by atoms with van der Waals surface area (Å²) in [6, 6.07) is 16.8. The van der Waals surface area contributed by atoms with E-state index in [1.165, 1.54) is 6.92 Å². The van der Waals surface area contributed by atoms with Crippen LogP contribution in [0.2, 0.25) is 0 Å². The van der Waals surface area contributed by atoms with Gasteiger partial charge >= 0.3 is 5.97 Å². The number of carboxylic acid groups (broad SMARTS) is 1. The van der Waals surface area contributed by atoms with Crippen LogP contribution in [0.4, 0.5) is 0 Å². The predicted octanol–water partition coefficient (Wildman–Crippen LogP) is 3.66. The summed E-state index contributed by atoms with van der Waals surface area (Å²) in [5, 5.41) is 13.1. The monoisotopic (exact) mass is 420 g/mol. The van der Waals surface area contributed by atoms with Crippen molar-refractivity contribution in [2.75, 3.05) is 7.11 Å². The molecule has 1 heterocycles. The minimum absolute atomic E-state index is 0.246. The van der Waals surface area contributed by atoms with Crippen LogP contribution in [0, 0.1) is 5.92 Å². The third-order valence-corrected chi connectivity index (χ3v) is 5.57. The van der Waals surface area contributed by atoms with Crippen molar-refractivity contribution >= 4 is 22.8 Å². The summed E-state index contributed by atoms with van der Waals surface area (Å²) in [4.78, 5) is 28.0. The molecule has 3 aromatic rings. The van der Waals surface area contributed by atoms with Crippen molar-refractivity contribution in [3.63, 3.8) is 0 Å². The number of amides is 1. The van der Waals surface area contributed by atoms with E-state index in [0.29, 0.717) is 24.3 Å². The minimum atomic E-state index is -0.931. The number of rotatable bonds is 6. The summed E-state index contributed by atoms with van der Waals surface area (Å²) in [6.07, 6.45) is 0.409. The van der Waals surface area contributed by atoms with Gasteiger partial charge in [-0.25, -0.2) is 4.98 Å². The van der Waals surface area contributed by atoms with E-state index in [1.807, 2.05) is 54.6 Å². The topological polar surface area (TPSA) is 97.8 Å². The van der Waals surface area contributed by atoms with Crippen molar-refractivity contribution in [1.29, 1.82) is 0 Å². The molecule has 0 unspecified atom stereocenters. The van der Waals surface area contributed by atoms with E-state index in [2.05, 4.69) is 5.32 Å². The molecule has 0 saturated heterocycles. The van der Waals surface area contributed by atoms with Gasteiger partial charge in [0.05, 0.1) is 24.2 Å². The average Bonchev–Trinajstić information content (AvgIpc) is 3.15. The summed E-state index contributed by atoms with van der Waals surface area (Å²) in [7, 11) is 1.60. The third-order valence-electron chi connectivity index (χ3n) is 5.57. The quantitative estimate of drug-likeness (QED) is 0.632. The zero-order chi connectivity index (χ0) is 22.0. The molecule has 1 fully saturated rings. The molecule has 1 aromatic heterocycles. The van der Waals surface area contributed by atoms with Crippen molar-refractivity contribution in [2.45, 2.75) is 31.9 Å². The summed E-state index contributed by atoms with van der Waals surface area (Å²) in [5.41, 5.74) is 2.42. The Labute approximate surface area is 180 Å². The molecule has 1 saturated carbocycles. The third kappa shape index (κ3) is 4.45. The minimum Gasteiger partial charge on any atom is -0.497 e. The fourth-order valence-corrected chi connectivity index (χ4v) is 4.12. The van der Waals surface area contributed by atoms with Gasteiger partial charge in [0.1, 0.15) is 17.6 Å². The van der Waals surface area contributed by atoms with Crippen LogP contribution in [0.25, 0.3) is 22.2 Å². The Morgan fingerprint density at radius 2 is 1.87 bits per heavy atom. The lowest BCUT2D eigenvalue weighted by atomic mass is 10.0. The van der Waals surface area contributed by atoms with E-state index in [0.717, 1.165) is 22.2 Å². The van der Waals surface area contributed by atoms with E-state index in [-0.39, 0.29) is 12.0 Å². The molecular formula is C24H24N2O5. The zero-order valence-electron chi connectivity index (χ0n) is 17.4. The van der Waals surface area contributed by atoms with Crippen LogP contribution in [-0.4, -0.2) is 41.2 Å². The number of fused-ring (bicyclic) bond motifs is 1. The summed E-state index contributed by atoms with van der Waals surface area (Å²) < 4.78 is 11.7. The van der Waals surface area contributed by atoms with Gasteiger partial charge in [0.25, 0.3) is 0 Å². The fourth-order valence-electron chi connectivity index (χ4n) is 4.12. The Balaban J connectivity index is 1.71. The number of methoxy groups -OCH3 is 1. The van der Waals surface area contributed by atoms with Crippen LogP contribution in [-0.2, 0) is 9.59 Å². The molecule has 0 bridgehead atoms. The largest absolute Gasteiger partial charge is 0.497 e. The molecule has 7 heteroatoms. The second-order valence-electron chi connectivity index (χ2n) is 7.72. The number of aliphatic carboxylic acids is 1. The Hall–Kier alpha value is -3.61. The molecule has 0 radical (unpaired) electrons. The van der Waals surface area contributed by atoms with Crippen molar-refractivity contribution in [1.82, 2.24) is 10.3 Å². The van der Waals surface area contributed by atoms with Gasteiger partial charge in [-0.3, -0.25) is 9.59 Å². The van der Waals surface area contributed by atoms with Gasteiger partial charge in [0.2, 0.25) is 5.91 Å². The van der Waals surface area contributed by atoms with Crippen molar-refractivity contribution < 1.29 is 24.2 Å². The van der Waals surface area contributed by atoms with Gasteiger partial charge in [-0.2, -0.15) is 0 Å². The lowest BCUT2D eigenvalue weighted by molar-refractivity contribution is -0.142. The van der Waals surface area contributed by atoms with Gasteiger partial charge in [-0.1, -0.05) is 30.3 Å². The van der Waals surface area contributed by atoms with Gasteiger partial charge in [0, 0.05) is 42.5 Å². The maximum Gasteiger partial charge on any atom is 0.308 e. The SMILES string of the molecule is COc1ccc2c(O[C@@H]3C[C@H](NC(C)=O)[C@H](C(=O)O)C3)cc(-c3ccccc3)nc2c1. The van der Waals surface area contributed by atoms with E-state index in [4.69, 9.17) is 14.5 Å². The average molecular weight is 420 g/mol. The Morgan fingerprint density at radius 1 is 1.10 bits per heavy atom. The van der Waals surface area contributed by atoms with Crippen LogP contribution in [0.15, 0.2) is 54.6 Å². The number of carbonyl (C=O) groups is 2. The van der Waals surface area contributed by atoms with Crippen molar-refractivity contribution in [3.8, 4) is 22.8 Å². The first-order valence-electron chi connectivity index (χ1n) is 10.2. The van der Waals surface area contributed by atoms with E-state index >= 15 is 0 Å². The van der Waals surface area contributed by atoms with E-state index in [9.17, 15) is 14.7 Å². The molecule has 1 aliphatic carbocycles. The highest BCUT2D eigenvalue weighted by atomic mass is 16.5. The normalized spacial score (nSPS) is 20.4. The van der Waals surface area contributed by atoms with Gasteiger partial charge in [-0.15, -0.1) is 0 Å². The Morgan fingerprint density at radius 3 is 2.55 bits per heavy atom. The molecule has 1 aliphatic rings. The van der Waals surface area contributed by atoms with Crippen LogP contribution >= 0.6 is 0 Å². The van der Waals surface area contributed by atoms with E-state index < -0.39 is 17.9 Å². The lowest BCUT2D eigenvalue weighted by Crippen LogP contribution is -2.39. The summed E-state index contributed by atoms with van der Waals surface area (Å²) in [5.74, 6) is -0.544. The smallest absolute Gasteiger partial charge is 0.308 e. The first-order chi connectivity index (χ1) is 14.9. The highest BCUT2D eigenvalue weighted by Gasteiger charge is 2.40. The van der Waals surface area contributed by atoms with E-state index in [1.54, 1.807) is 7.11 Å². The maximum absolute atomic E-state index is 11.7. The number of hydrogen-bond acceptors (Lipinski definition) is 5. The number of nitrogens with one attached hydrogen (secondary N) is 1. The number of nitrogens with zero attached hydrogens (tertiary/aromatic N) is 1. The second kappa shape index (κ2) is 8.63. The molecule has 3 atom stereocenters. The highest BCUT2D eigenvalue weighted by molar-refractivity contribution is 5.89. The molecule has 0 aliphatic heterocycles. The standard InChI is InChI=1S/C24H24N2O5/c1-14(27)25-22-12-17(10-19(22)24(28)29)31-23-13-20(15-6-4-3-5-7-15)26-21-11-16(30-2)8-9-18(21)23/h3-9,11,13,17,19,22H,10,12H2,1-2H3,(H,25,27)(H,28,29)/t17-,19+,22-/m0/s1. The number of benzene rings is 2. The number of hydrogen-bond donors (Lipinski definition) is 2. The van der Waals surface area contributed by atoms with Crippen LogP contribution < -0.4 is 14.8 Å². The first-order valence-corrected chi connectivity index (χ1v) is 10.2. The molecule has 2 aromatic carbocycles. The van der Waals surface area contributed by atoms with Gasteiger partial charge in [-0.05, 0) is 18.6 Å². The summed E-state index contributed by atoms with van der Waals surface area (Å²) >= 11 is 0. The lowest BCUT2D eigenvalue weighted by Gasteiger charge is -2.17. The van der Waals surface area contributed by atoms with Crippen molar-refractivity contribution in [3.05, 3.63) is 54.6 Å². The number of carboxylic acids is 1. The van der Waals surface area contributed by atoms with Crippen molar-refractivity contribution in [2.24, 2.45) is 5.92 Å². The highest BCUT2D eigenvalue weighted by Crippen LogP contribution is 2.36. The molecule has 160 valence electrons. The van der Waals surface area contributed by atoms with Crippen LogP contribution in [0.3, 0.4) is 0 Å². The summed E-state index contributed by atoms with van der Waals surface area (Å²) in [6.45, 7) is 1.39. The molecule has 31 heavy (non-hydrogen) atoms. The number of pyridine rings is 1. The van der Waals surface area contributed by atoms with Crippen LogP contribution in [0.1, 0.15) is 19.8 Å². The van der Waals surface area contributed by atoms with Gasteiger partial charge < -0.3 is 19.9 Å². The molecule has 7 nitrogen and oxygen atoms in total. The Bertz CT molecular complexity index is 1120. The Kier molecular flexibility index (Phi) is 5.75. The first kappa shape index (κ1) is 20.7. The number of carbonyl (C=O) groups excluding carboxylic acids is 1. The number of ether oxygens (including phenoxy) is 2. The molecular weight excluding hydrogens is 396 g/mol. The number of aromatic nitrogens is 1. The molecule has 0 spiro atoms. The van der Waals surface area contributed by atoms with Gasteiger partial charge in [0.15, 0.2) is 0 Å². The molecule has 2 N–H and O–H groups in total. The predicted molar refractivity (Wildman–Crippen MR) is 116 cm³/mol. The molecule has 4 rings (SSSR count). The van der Waals surface area contributed by atoms with Crippen LogP contribution in [0.5, 0.6) is 11.5 Å². The fraction of sp³-hybridized carbons (Fsp3) is 0.292. The maximum atomic E-state index is 11.7. The second-order valence-corrected chi connectivity index (χ2v) is 7.72.